The van der Waals surface area contributed by atoms with Crippen LogP contribution in [0.5, 0.6) is 0 Å². The molecule has 0 unspecified atom stereocenters. The van der Waals surface area contributed by atoms with E-state index in [0.29, 0.717) is 6.04 Å². The third-order valence-electron chi connectivity index (χ3n) is 4.90. The van der Waals surface area contributed by atoms with Crippen molar-refractivity contribution < 1.29 is 0 Å². The Morgan fingerprint density at radius 2 is 1.67 bits per heavy atom. The number of hydrogen-bond acceptors (Lipinski definition) is 2. The second-order valence-electron chi connectivity index (χ2n) is 7.24. The quantitative estimate of drug-likeness (QED) is 0.849. The fraction of sp³-hybridized carbons (Fsp3) is 0.684. The minimum absolute atomic E-state index is 0.715. The molecule has 0 amide bonds. The standard InChI is InChI=1S/C19H32N2/c1-15(2)16-9-11-19(12-10-16)20-13-17-7-5-6-8-18(17)14-21(3)4/h5-8,15-16,19-20H,9-14H2,1-4H3. The summed E-state index contributed by atoms with van der Waals surface area (Å²) in [6.45, 7) is 6.78. The van der Waals surface area contributed by atoms with Gasteiger partial charge in [-0.05, 0) is 62.7 Å². The summed E-state index contributed by atoms with van der Waals surface area (Å²) in [5, 5.41) is 3.79. The molecule has 0 aliphatic heterocycles. The third-order valence-corrected chi connectivity index (χ3v) is 4.90. The van der Waals surface area contributed by atoms with Gasteiger partial charge in [0.05, 0.1) is 0 Å². The summed E-state index contributed by atoms with van der Waals surface area (Å²) in [7, 11) is 4.27. The minimum Gasteiger partial charge on any atom is -0.310 e. The molecule has 2 rings (SSSR count). The molecule has 21 heavy (non-hydrogen) atoms. The maximum atomic E-state index is 3.79. The largest absolute Gasteiger partial charge is 0.310 e. The van der Waals surface area contributed by atoms with Crippen LogP contribution in [0.1, 0.15) is 50.7 Å². The Kier molecular flexibility index (Phi) is 6.25. The van der Waals surface area contributed by atoms with Gasteiger partial charge in [-0.15, -0.1) is 0 Å². The number of benzene rings is 1. The van der Waals surface area contributed by atoms with Gasteiger partial charge < -0.3 is 10.2 Å². The molecule has 0 atom stereocenters. The SMILES string of the molecule is CC(C)C1CCC(NCc2ccccc2CN(C)C)CC1. The van der Waals surface area contributed by atoms with E-state index in [-0.39, 0.29) is 0 Å². The zero-order valence-electron chi connectivity index (χ0n) is 14.2. The molecule has 0 saturated heterocycles. The molecule has 0 bridgehead atoms. The van der Waals surface area contributed by atoms with Crippen LogP contribution in [-0.2, 0) is 13.1 Å². The zero-order valence-corrected chi connectivity index (χ0v) is 14.2. The molecule has 0 aromatic heterocycles. The topological polar surface area (TPSA) is 15.3 Å². The number of rotatable bonds is 6. The van der Waals surface area contributed by atoms with Gasteiger partial charge in [0.2, 0.25) is 0 Å². The minimum atomic E-state index is 0.715. The molecule has 1 aromatic rings. The van der Waals surface area contributed by atoms with Crippen molar-refractivity contribution >= 4 is 0 Å². The van der Waals surface area contributed by atoms with Gasteiger partial charge in [0.1, 0.15) is 0 Å². The first-order chi connectivity index (χ1) is 10.1. The summed E-state index contributed by atoms with van der Waals surface area (Å²) >= 11 is 0. The summed E-state index contributed by atoms with van der Waals surface area (Å²) in [5.74, 6) is 1.80. The van der Waals surface area contributed by atoms with Crippen molar-refractivity contribution in [2.75, 3.05) is 14.1 Å². The van der Waals surface area contributed by atoms with E-state index in [0.717, 1.165) is 24.9 Å². The molecule has 118 valence electrons. The second-order valence-corrected chi connectivity index (χ2v) is 7.24. The van der Waals surface area contributed by atoms with Gasteiger partial charge in [0.25, 0.3) is 0 Å². The van der Waals surface area contributed by atoms with Crippen LogP contribution in [0.15, 0.2) is 24.3 Å². The predicted octanol–water partition coefficient (Wildman–Crippen LogP) is 4.05. The highest BCUT2D eigenvalue weighted by Crippen LogP contribution is 2.30. The van der Waals surface area contributed by atoms with Crippen molar-refractivity contribution in [1.29, 1.82) is 0 Å². The van der Waals surface area contributed by atoms with Crippen molar-refractivity contribution in [3.63, 3.8) is 0 Å². The van der Waals surface area contributed by atoms with Crippen molar-refractivity contribution in [1.82, 2.24) is 10.2 Å². The highest BCUT2D eigenvalue weighted by Gasteiger charge is 2.22. The Hall–Kier alpha value is -0.860. The molecule has 0 radical (unpaired) electrons. The van der Waals surface area contributed by atoms with Crippen LogP contribution in [0.25, 0.3) is 0 Å². The van der Waals surface area contributed by atoms with E-state index in [1.54, 1.807) is 0 Å². The van der Waals surface area contributed by atoms with Crippen LogP contribution >= 0.6 is 0 Å². The molecule has 0 spiro atoms. The summed E-state index contributed by atoms with van der Waals surface area (Å²) in [5.41, 5.74) is 2.91. The summed E-state index contributed by atoms with van der Waals surface area (Å²) < 4.78 is 0. The van der Waals surface area contributed by atoms with Gasteiger partial charge in [-0.3, -0.25) is 0 Å². The maximum absolute atomic E-state index is 3.79. The lowest BCUT2D eigenvalue weighted by Crippen LogP contribution is -2.34. The van der Waals surface area contributed by atoms with Crippen LogP contribution in [0.3, 0.4) is 0 Å². The Labute approximate surface area is 130 Å². The van der Waals surface area contributed by atoms with E-state index in [1.165, 1.54) is 36.8 Å². The summed E-state index contributed by atoms with van der Waals surface area (Å²) in [6, 6.07) is 9.55. The molecule has 1 aliphatic carbocycles. The van der Waals surface area contributed by atoms with Crippen molar-refractivity contribution in [2.24, 2.45) is 11.8 Å². The van der Waals surface area contributed by atoms with Crippen molar-refractivity contribution in [3.05, 3.63) is 35.4 Å². The molecule has 1 aromatic carbocycles. The lowest BCUT2D eigenvalue weighted by Gasteiger charge is -2.31. The second kappa shape index (κ2) is 7.95. The fourth-order valence-corrected chi connectivity index (χ4v) is 3.47. The molecule has 1 fully saturated rings. The van der Waals surface area contributed by atoms with Gasteiger partial charge in [-0.25, -0.2) is 0 Å². The van der Waals surface area contributed by atoms with Crippen LogP contribution in [0.2, 0.25) is 0 Å². The fourth-order valence-electron chi connectivity index (χ4n) is 3.47. The van der Waals surface area contributed by atoms with E-state index in [1.807, 2.05) is 0 Å². The van der Waals surface area contributed by atoms with Gasteiger partial charge in [-0.1, -0.05) is 38.1 Å². The smallest absolute Gasteiger partial charge is 0.0230 e. The molecule has 0 heterocycles. The van der Waals surface area contributed by atoms with E-state index in [4.69, 9.17) is 0 Å². The Bertz CT molecular complexity index is 417. The first-order valence-corrected chi connectivity index (χ1v) is 8.51. The van der Waals surface area contributed by atoms with Crippen LogP contribution in [-0.4, -0.2) is 25.0 Å². The van der Waals surface area contributed by atoms with Crippen LogP contribution in [0.4, 0.5) is 0 Å². The summed E-state index contributed by atoms with van der Waals surface area (Å²) in [6.07, 6.45) is 5.49. The molecule has 1 saturated carbocycles. The molecule has 1 aliphatic rings. The van der Waals surface area contributed by atoms with Crippen molar-refractivity contribution in [2.45, 2.75) is 58.7 Å². The Morgan fingerprint density at radius 3 is 2.24 bits per heavy atom. The lowest BCUT2D eigenvalue weighted by atomic mass is 9.79. The molecular weight excluding hydrogens is 256 g/mol. The van der Waals surface area contributed by atoms with E-state index in [9.17, 15) is 0 Å². The Morgan fingerprint density at radius 1 is 1.05 bits per heavy atom. The highest BCUT2D eigenvalue weighted by molar-refractivity contribution is 5.27. The predicted molar refractivity (Wildman–Crippen MR) is 91.3 cm³/mol. The summed E-state index contributed by atoms with van der Waals surface area (Å²) in [4.78, 5) is 2.24. The Balaban J connectivity index is 1.84. The van der Waals surface area contributed by atoms with Crippen molar-refractivity contribution in [3.8, 4) is 0 Å². The number of nitrogens with zero attached hydrogens (tertiary/aromatic N) is 1. The van der Waals surface area contributed by atoms with Gasteiger partial charge in [0.15, 0.2) is 0 Å². The first-order valence-electron chi connectivity index (χ1n) is 8.51. The van der Waals surface area contributed by atoms with E-state index < -0.39 is 0 Å². The molecule has 2 heteroatoms. The van der Waals surface area contributed by atoms with E-state index >= 15 is 0 Å². The van der Waals surface area contributed by atoms with Gasteiger partial charge >= 0.3 is 0 Å². The van der Waals surface area contributed by atoms with Crippen LogP contribution in [0, 0.1) is 11.8 Å². The molecule has 2 nitrogen and oxygen atoms in total. The highest BCUT2D eigenvalue weighted by atomic mass is 15.0. The van der Waals surface area contributed by atoms with Crippen LogP contribution < -0.4 is 5.32 Å². The third kappa shape index (κ3) is 5.12. The monoisotopic (exact) mass is 288 g/mol. The lowest BCUT2D eigenvalue weighted by molar-refractivity contribution is 0.238. The number of nitrogens with one attached hydrogen (secondary N) is 1. The average Bonchev–Trinajstić information content (AvgIpc) is 2.46. The van der Waals surface area contributed by atoms with Gasteiger partial charge in [-0.2, -0.15) is 0 Å². The number of hydrogen-bond donors (Lipinski definition) is 1. The molecule has 1 N–H and O–H groups in total. The normalized spacial score (nSPS) is 23.0. The first kappa shape index (κ1) is 16.5. The maximum Gasteiger partial charge on any atom is 0.0230 e. The zero-order chi connectivity index (χ0) is 15.2. The molecular formula is C19H32N2. The average molecular weight is 288 g/mol. The van der Waals surface area contributed by atoms with E-state index in [2.05, 4.69) is 62.4 Å². The van der Waals surface area contributed by atoms with Gasteiger partial charge in [0, 0.05) is 19.1 Å².